The van der Waals surface area contributed by atoms with Crippen molar-refractivity contribution in [2.45, 2.75) is 85.9 Å². The second-order valence-corrected chi connectivity index (χ2v) is 11.2. The molecule has 33 heavy (non-hydrogen) atoms. The van der Waals surface area contributed by atoms with Gasteiger partial charge in [-0.2, -0.15) is 11.8 Å². The summed E-state index contributed by atoms with van der Waals surface area (Å²) in [5, 5.41) is 6.18. The van der Waals surface area contributed by atoms with Gasteiger partial charge in [-0.3, -0.25) is 9.59 Å². The first kappa shape index (κ1) is 31.5. The molecule has 0 spiro atoms. The van der Waals surface area contributed by atoms with Gasteiger partial charge < -0.3 is 20.3 Å². The van der Waals surface area contributed by atoms with Crippen molar-refractivity contribution in [2.75, 3.05) is 32.7 Å². The molecule has 0 saturated heterocycles. The number of hydrogen-bond acceptors (Lipinski definition) is 6. The molecule has 192 valence electrons. The number of ether oxygens (including phenoxy) is 1. The molecule has 8 heteroatoms. The Balaban J connectivity index is 5.87. The highest BCUT2D eigenvalue weighted by molar-refractivity contribution is 7.98. The molecule has 2 N–H and O–H groups in total. The zero-order valence-electron chi connectivity index (χ0n) is 22.6. The number of thioether (sulfide) groups is 1. The van der Waals surface area contributed by atoms with Crippen LogP contribution in [0.25, 0.3) is 0 Å². The van der Waals surface area contributed by atoms with Crippen LogP contribution in [0.5, 0.6) is 0 Å². The zero-order chi connectivity index (χ0) is 26.0. The standard InChI is InChI=1S/C25H47N3O4S/c1-12-32-22(30)18(4)16-19(17(2)3)28(10)21(29)20(24(5,6)7)27-23(31)25(8,26-9)14-13-15-33-11/h16-17,19-20,26H,12-15H2,1-11H3,(H,27,31)/t19-,20-,25?/m1/s1. The van der Waals surface area contributed by atoms with Crippen molar-refractivity contribution >= 4 is 29.5 Å². The summed E-state index contributed by atoms with van der Waals surface area (Å²) in [6.07, 6.45) is 5.40. The molecule has 0 saturated carbocycles. The van der Waals surface area contributed by atoms with Gasteiger partial charge in [0, 0.05) is 12.6 Å². The molecule has 0 bridgehead atoms. The molecule has 0 rings (SSSR count). The van der Waals surface area contributed by atoms with Crippen LogP contribution >= 0.6 is 11.8 Å². The van der Waals surface area contributed by atoms with E-state index in [-0.39, 0.29) is 29.7 Å². The first-order valence-corrected chi connectivity index (χ1v) is 13.2. The number of rotatable bonds is 13. The Morgan fingerprint density at radius 1 is 1.15 bits per heavy atom. The summed E-state index contributed by atoms with van der Waals surface area (Å²) in [6.45, 7) is 15.5. The molecule has 0 radical (unpaired) electrons. The summed E-state index contributed by atoms with van der Waals surface area (Å²) < 4.78 is 5.09. The highest BCUT2D eigenvalue weighted by atomic mass is 32.2. The van der Waals surface area contributed by atoms with Gasteiger partial charge in [0.25, 0.3) is 0 Å². The summed E-state index contributed by atoms with van der Waals surface area (Å²) in [5.41, 5.74) is -0.810. The fraction of sp³-hybridized carbons (Fsp3) is 0.800. The maximum absolute atomic E-state index is 13.7. The van der Waals surface area contributed by atoms with Crippen LogP contribution in [0.1, 0.15) is 68.2 Å². The molecule has 0 fully saturated rings. The molecule has 0 aliphatic heterocycles. The largest absolute Gasteiger partial charge is 0.463 e. The average Bonchev–Trinajstić information content (AvgIpc) is 2.73. The van der Waals surface area contributed by atoms with E-state index in [1.165, 1.54) is 0 Å². The van der Waals surface area contributed by atoms with Gasteiger partial charge in [0.1, 0.15) is 6.04 Å². The van der Waals surface area contributed by atoms with E-state index in [1.807, 2.05) is 47.8 Å². The average molecular weight is 486 g/mol. The molecule has 0 aromatic carbocycles. The summed E-state index contributed by atoms with van der Waals surface area (Å²) >= 11 is 1.75. The number of carbonyl (C=O) groups is 3. The van der Waals surface area contributed by atoms with Crippen molar-refractivity contribution in [3.63, 3.8) is 0 Å². The second-order valence-electron chi connectivity index (χ2n) is 10.2. The molecular weight excluding hydrogens is 438 g/mol. The van der Waals surface area contributed by atoms with Gasteiger partial charge in [0.05, 0.1) is 18.2 Å². The topological polar surface area (TPSA) is 87.7 Å². The molecule has 1 unspecified atom stereocenters. The van der Waals surface area contributed by atoms with E-state index >= 15 is 0 Å². The molecular formula is C25H47N3O4S. The van der Waals surface area contributed by atoms with E-state index in [2.05, 4.69) is 10.6 Å². The van der Waals surface area contributed by atoms with Crippen LogP contribution < -0.4 is 10.6 Å². The number of likely N-dealkylation sites (N-methyl/N-ethyl adjacent to an activating group) is 2. The number of esters is 1. The molecule has 0 heterocycles. The van der Waals surface area contributed by atoms with Crippen LogP contribution in [0.15, 0.2) is 11.6 Å². The Kier molecular flexibility index (Phi) is 13.3. The lowest BCUT2D eigenvalue weighted by molar-refractivity contribution is -0.142. The number of hydrogen-bond donors (Lipinski definition) is 2. The monoisotopic (exact) mass is 485 g/mol. The molecule has 0 aliphatic carbocycles. The Morgan fingerprint density at radius 3 is 2.15 bits per heavy atom. The number of nitrogens with one attached hydrogen (secondary N) is 2. The minimum atomic E-state index is -0.768. The van der Waals surface area contributed by atoms with Crippen LogP contribution in [0.3, 0.4) is 0 Å². The third kappa shape index (κ3) is 9.69. The zero-order valence-corrected chi connectivity index (χ0v) is 23.4. The third-order valence-electron chi connectivity index (χ3n) is 5.96. The molecule has 3 atom stereocenters. The number of carbonyl (C=O) groups excluding carboxylic acids is 3. The van der Waals surface area contributed by atoms with Crippen molar-refractivity contribution in [3.8, 4) is 0 Å². The van der Waals surface area contributed by atoms with E-state index in [0.717, 1.165) is 12.2 Å². The van der Waals surface area contributed by atoms with Crippen molar-refractivity contribution in [1.82, 2.24) is 15.5 Å². The minimum absolute atomic E-state index is 0.0637. The lowest BCUT2D eigenvalue weighted by Gasteiger charge is -2.39. The number of amides is 2. The maximum atomic E-state index is 13.7. The van der Waals surface area contributed by atoms with Crippen LogP contribution in [-0.4, -0.2) is 73.0 Å². The summed E-state index contributed by atoms with van der Waals surface area (Å²) in [5.74, 6) is 0.266. The molecule has 2 amide bonds. The van der Waals surface area contributed by atoms with E-state index in [1.54, 1.807) is 50.7 Å². The van der Waals surface area contributed by atoms with E-state index in [4.69, 9.17) is 4.74 Å². The SMILES string of the molecule is CCOC(=O)C(C)=C[C@H](C(C)C)N(C)C(=O)[C@@H](NC(=O)C(C)(CCCSC)NC)C(C)(C)C. The van der Waals surface area contributed by atoms with Crippen molar-refractivity contribution < 1.29 is 19.1 Å². The molecule has 7 nitrogen and oxygen atoms in total. The fourth-order valence-corrected chi connectivity index (χ4v) is 3.97. The van der Waals surface area contributed by atoms with Crippen LogP contribution in [-0.2, 0) is 19.1 Å². The van der Waals surface area contributed by atoms with E-state index in [0.29, 0.717) is 18.6 Å². The second kappa shape index (κ2) is 14.0. The first-order valence-electron chi connectivity index (χ1n) is 11.8. The summed E-state index contributed by atoms with van der Waals surface area (Å²) in [6, 6.07) is -1.04. The smallest absolute Gasteiger partial charge is 0.333 e. The summed E-state index contributed by atoms with van der Waals surface area (Å²) in [4.78, 5) is 40.7. The number of nitrogens with zero attached hydrogens (tertiary/aromatic N) is 1. The maximum Gasteiger partial charge on any atom is 0.333 e. The van der Waals surface area contributed by atoms with Gasteiger partial charge in [-0.05, 0) is 64.0 Å². The lowest BCUT2D eigenvalue weighted by Crippen LogP contribution is -2.62. The fourth-order valence-electron chi connectivity index (χ4n) is 3.53. The van der Waals surface area contributed by atoms with E-state index < -0.39 is 17.0 Å². The van der Waals surface area contributed by atoms with Crippen molar-refractivity contribution in [2.24, 2.45) is 11.3 Å². The van der Waals surface area contributed by atoms with Crippen LogP contribution in [0.2, 0.25) is 0 Å². The quantitative estimate of drug-likeness (QED) is 0.235. The van der Waals surface area contributed by atoms with Gasteiger partial charge >= 0.3 is 5.97 Å². The van der Waals surface area contributed by atoms with Gasteiger partial charge in [-0.1, -0.05) is 40.7 Å². The Bertz CT molecular complexity index is 688. The first-order chi connectivity index (χ1) is 15.2. The minimum Gasteiger partial charge on any atom is -0.463 e. The van der Waals surface area contributed by atoms with Crippen molar-refractivity contribution in [1.29, 1.82) is 0 Å². The highest BCUT2D eigenvalue weighted by Crippen LogP contribution is 2.25. The van der Waals surface area contributed by atoms with Crippen molar-refractivity contribution in [3.05, 3.63) is 11.6 Å². The predicted molar refractivity (Wildman–Crippen MR) is 138 cm³/mol. The van der Waals surface area contributed by atoms with Gasteiger partial charge in [0.15, 0.2) is 0 Å². The van der Waals surface area contributed by atoms with Crippen LogP contribution in [0.4, 0.5) is 0 Å². The summed E-state index contributed by atoms with van der Waals surface area (Å²) in [7, 11) is 3.50. The normalized spacial score (nSPS) is 16.1. The Hall–Kier alpha value is -1.54. The molecule has 0 aliphatic rings. The van der Waals surface area contributed by atoms with E-state index in [9.17, 15) is 14.4 Å². The molecule has 0 aromatic heterocycles. The van der Waals surface area contributed by atoms with Gasteiger partial charge in [-0.25, -0.2) is 4.79 Å². The van der Waals surface area contributed by atoms with Gasteiger partial charge in [0.2, 0.25) is 11.8 Å². The molecule has 0 aromatic rings. The predicted octanol–water partition coefficient (Wildman–Crippen LogP) is 3.63. The highest BCUT2D eigenvalue weighted by Gasteiger charge is 2.40. The lowest BCUT2D eigenvalue weighted by atomic mass is 9.84. The Labute approximate surface area is 205 Å². The van der Waals surface area contributed by atoms with Crippen LogP contribution in [0, 0.1) is 11.3 Å². The third-order valence-corrected chi connectivity index (χ3v) is 6.66. The van der Waals surface area contributed by atoms with Gasteiger partial charge in [-0.15, -0.1) is 0 Å². The Morgan fingerprint density at radius 2 is 1.73 bits per heavy atom.